The number of esters is 1. The molecule has 26 heavy (non-hydrogen) atoms. The quantitative estimate of drug-likeness (QED) is 0.177. The number of nitrogens with zero attached hydrogens (tertiary/aromatic N) is 3. The van der Waals surface area contributed by atoms with Crippen LogP contribution in [0.4, 0.5) is 11.4 Å². The van der Waals surface area contributed by atoms with Gasteiger partial charge in [0.25, 0.3) is 5.69 Å². The van der Waals surface area contributed by atoms with Crippen molar-refractivity contribution in [1.82, 2.24) is 0 Å². The number of Topliss-reactive ketones (excluding diaryl/α,β-unsaturated/α-hetero) is 1. The number of aliphatic carboxylic acids is 1. The zero-order valence-electron chi connectivity index (χ0n) is 14.1. The molecule has 10 nitrogen and oxygen atoms in total. The Kier molecular flexibility index (Phi) is 7.74. The number of benzene rings is 1. The third-order valence-corrected chi connectivity index (χ3v) is 2.99. The summed E-state index contributed by atoms with van der Waals surface area (Å²) in [6.07, 6.45) is -0.321. The second-order valence-electron chi connectivity index (χ2n) is 5.24. The fraction of sp³-hybridized carbons (Fsp3) is 0.312. The molecular weight excluding hydrogens is 346 g/mol. The molecule has 0 heterocycles. The summed E-state index contributed by atoms with van der Waals surface area (Å²) >= 11 is 0. The molecule has 1 N–H and O–H groups in total. The number of carbonyl (C=O) groups excluding carboxylic acids is 2. The summed E-state index contributed by atoms with van der Waals surface area (Å²) in [5, 5.41) is 27.1. The highest BCUT2D eigenvalue weighted by Gasteiger charge is 2.15. The number of non-ortho nitro benzene ring substituents is 1. The van der Waals surface area contributed by atoms with Gasteiger partial charge in [0, 0.05) is 24.1 Å². The number of rotatable bonds is 9. The van der Waals surface area contributed by atoms with Gasteiger partial charge in [0.05, 0.1) is 10.6 Å². The molecule has 0 radical (unpaired) electrons. The van der Waals surface area contributed by atoms with Crippen LogP contribution >= 0.6 is 0 Å². The lowest BCUT2D eigenvalue weighted by Gasteiger charge is -2.10. The zero-order chi connectivity index (χ0) is 19.7. The highest BCUT2D eigenvalue weighted by molar-refractivity contribution is 5.94. The molecule has 0 aliphatic carbocycles. The standard InChI is InChI=1S/C16H17N3O7/c1-10(16(22)23)3-8-14(26-15(21)9-11(2)20)18-17-12-4-6-13(7-5-12)19(24)25/h3-7,14H,8-9H2,1-2H3,(H,22,23). The summed E-state index contributed by atoms with van der Waals surface area (Å²) in [5.41, 5.74) is 0.193. The number of carboxylic acid groups (broad SMARTS) is 1. The minimum absolute atomic E-state index is 0.0307. The third kappa shape index (κ3) is 7.43. The van der Waals surface area contributed by atoms with E-state index in [4.69, 9.17) is 9.84 Å². The van der Waals surface area contributed by atoms with Crippen molar-refractivity contribution in [2.45, 2.75) is 32.9 Å². The number of nitro benzene ring substituents is 1. The Morgan fingerprint density at radius 1 is 1.27 bits per heavy atom. The fourth-order valence-electron chi connectivity index (χ4n) is 1.65. The number of carboxylic acids is 1. The lowest BCUT2D eigenvalue weighted by molar-refractivity contribution is -0.384. The molecule has 0 aromatic heterocycles. The van der Waals surface area contributed by atoms with Crippen LogP contribution in [0.5, 0.6) is 0 Å². The van der Waals surface area contributed by atoms with Crippen molar-refractivity contribution in [2.75, 3.05) is 0 Å². The average Bonchev–Trinajstić information content (AvgIpc) is 2.56. The average molecular weight is 363 g/mol. The maximum atomic E-state index is 11.6. The summed E-state index contributed by atoms with van der Waals surface area (Å²) in [7, 11) is 0. The minimum Gasteiger partial charge on any atom is -0.478 e. The first-order valence-corrected chi connectivity index (χ1v) is 7.43. The monoisotopic (exact) mass is 363 g/mol. The Bertz CT molecular complexity index is 754. The predicted molar refractivity (Wildman–Crippen MR) is 88.8 cm³/mol. The maximum Gasteiger partial charge on any atom is 0.330 e. The number of carbonyl (C=O) groups is 3. The molecule has 10 heteroatoms. The third-order valence-electron chi connectivity index (χ3n) is 2.99. The molecule has 1 unspecified atom stereocenters. The number of ether oxygens (including phenoxy) is 1. The van der Waals surface area contributed by atoms with Gasteiger partial charge in [-0.3, -0.25) is 19.7 Å². The Morgan fingerprint density at radius 2 is 1.88 bits per heavy atom. The van der Waals surface area contributed by atoms with E-state index < -0.39 is 35.3 Å². The number of hydrogen-bond acceptors (Lipinski definition) is 8. The van der Waals surface area contributed by atoms with Gasteiger partial charge in [0.1, 0.15) is 12.2 Å². The summed E-state index contributed by atoms with van der Waals surface area (Å²) in [6.45, 7) is 2.59. The van der Waals surface area contributed by atoms with Crippen LogP contribution in [0, 0.1) is 10.1 Å². The van der Waals surface area contributed by atoms with Gasteiger partial charge in [-0.2, -0.15) is 5.11 Å². The van der Waals surface area contributed by atoms with Crippen molar-refractivity contribution in [3.63, 3.8) is 0 Å². The van der Waals surface area contributed by atoms with Gasteiger partial charge in [-0.25, -0.2) is 4.79 Å². The first kappa shape index (κ1) is 20.6. The van der Waals surface area contributed by atoms with E-state index in [1.807, 2.05) is 0 Å². The molecule has 1 aromatic rings. The second-order valence-corrected chi connectivity index (χ2v) is 5.24. The minimum atomic E-state index is -1.13. The molecule has 0 aliphatic heterocycles. The van der Waals surface area contributed by atoms with Crippen LogP contribution < -0.4 is 0 Å². The maximum absolute atomic E-state index is 11.6. The topological polar surface area (TPSA) is 149 Å². The van der Waals surface area contributed by atoms with E-state index in [9.17, 15) is 24.5 Å². The number of azo groups is 1. The van der Waals surface area contributed by atoms with Gasteiger partial charge in [-0.1, -0.05) is 6.08 Å². The molecule has 0 saturated carbocycles. The van der Waals surface area contributed by atoms with Crippen molar-refractivity contribution >= 4 is 29.1 Å². The molecular formula is C16H17N3O7. The highest BCUT2D eigenvalue weighted by atomic mass is 16.6. The molecule has 0 bridgehead atoms. The van der Waals surface area contributed by atoms with Crippen LogP contribution in [0.2, 0.25) is 0 Å². The number of ketones is 1. The molecule has 0 aliphatic rings. The van der Waals surface area contributed by atoms with Crippen LogP contribution in [0.25, 0.3) is 0 Å². The SMILES string of the molecule is CC(=O)CC(=O)OC(CC=C(C)C(=O)O)N=Nc1ccc([N+](=O)[O-])cc1. The Balaban J connectivity index is 2.90. The van der Waals surface area contributed by atoms with E-state index in [-0.39, 0.29) is 23.4 Å². The summed E-state index contributed by atoms with van der Waals surface area (Å²) < 4.78 is 5.01. The highest BCUT2D eigenvalue weighted by Crippen LogP contribution is 2.19. The first-order valence-electron chi connectivity index (χ1n) is 7.43. The largest absolute Gasteiger partial charge is 0.478 e. The Hall–Kier alpha value is -3.43. The van der Waals surface area contributed by atoms with Gasteiger partial charge >= 0.3 is 11.9 Å². The lowest BCUT2D eigenvalue weighted by Crippen LogP contribution is -2.17. The van der Waals surface area contributed by atoms with Crippen LogP contribution in [-0.4, -0.2) is 34.0 Å². The first-order chi connectivity index (χ1) is 12.2. The van der Waals surface area contributed by atoms with Crippen molar-refractivity contribution in [3.8, 4) is 0 Å². The van der Waals surface area contributed by atoms with Gasteiger partial charge in [0.2, 0.25) is 6.23 Å². The predicted octanol–water partition coefficient (Wildman–Crippen LogP) is 2.95. The van der Waals surface area contributed by atoms with Crippen LogP contribution in [0.15, 0.2) is 46.1 Å². The molecule has 1 atom stereocenters. The van der Waals surface area contributed by atoms with E-state index in [1.165, 1.54) is 44.2 Å². The molecule has 0 fully saturated rings. The van der Waals surface area contributed by atoms with Crippen LogP contribution in [0.3, 0.4) is 0 Å². The van der Waals surface area contributed by atoms with Crippen molar-refractivity contribution < 1.29 is 29.2 Å². The normalized spacial score (nSPS) is 12.6. The van der Waals surface area contributed by atoms with Crippen LogP contribution in [0.1, 0.15) is 26.7 Å². The van der Waals surface area contributed by atoms with Gasteiger partial charge in [-0.15, -0.1) is 5.11 Å². The van der Waals surface area contributed by atoms with E-state index in [1.54, 1.807) is 0 Å². The van der Waals surface area contributed by atoms with Crippen molar-refractivity contribution in [1.29, 1.82) is 0 Å². The second kappa shape index (κ2) is 9.77. The number of nitro groups is 1. The van der Waals surface area contributed by atoms with E-state index in [0.717, 1.165) is 0 Å². The molecule has 138 valence electrons. The van der Waals surface area contributed by atoms with Gasteiger partial charge in [0.15, 0.2) is 0 Å². The van der Waals surface area contributed by atoms with Gasteiger partial charge in [-0.05, 0) is 26.0 Å². The zero-order valence-corrected chi connectivity index (χ0v) is 14.1. The van der Waals surface area contributed by atoms with Crippen LogP contribution in [-0.2, 0) is 19.1 Å². The van der Waals surface area contributed by atoms with Crippen molar-refractivity contribution in [2.24, 2.45) is 10.2 Å². The molecule has 1 aromatic carbocycles. The molecule has 1 rings (SSSR count). The molecule has 0 amide bonds. The van der Waals surface area contributed by atoms with E-state index in [0.29, 0.717) is 0 Å². The van der Waals surface area contributed by atoms with Crippen molar-refractivity contribution in [3.05, 3.63) is 46.0 Å². The summed E-state index contributed by atoms with van der Waals surface area (Å²) in [5.74, 6) is -2.34. The smallest absolute Gasteiger partial charge is 0.330 e. The fourth-order valence-corrected chi connectivity index (χ4v) is 1.65. The van der Waals surface area contributed by atoms with E-state index >= 15 is 0 Å². The summed E-state index contributed by atoms with van der Waals surface area (Å²) in [4.78, 5) is 43.4. The lowest BCUT2D eigenvalue weighted by atomic mass is 10.2. The Morgan fingerprint density at radius 3 is 2.38 bits per heavy atom. The van der Waals surface area contributed by atoms with Gasteiger partial charge < -0.3 is 9.84 Å². The summed E-state index contributed by atoms with van der Waals surface area (Å²) in [6, 6.07) is 5.18. The number of hydrogen-bond donors (Lipinski definition) is 1. The van der Waals surface area contributed by atoms with E-state index in [2.05, 4.69) is 10.2 Å². The molecule has 0 saturated heterocycles. The molecule has 0 spiro atoms. The Labute approximate surface area is 148 Å².